The number of aromatic hydroxyl groups is 2. The number of rotatable bonds is 6. The number of hydrogen-bond acceptors (Lipinski definition) is 16. The van der Waals surface area contributed by atoms with Crippen LogP contribution in [0.25, 0.3) is 21.8 Å². The van der Waals surface area contributed by atoms with E-state index in [0.717, 1.165) is 19.6 Å². The highest BCUT2D eigenvalue weighted by atomic mass is 16.3. The molecule has 90 heavy (non-hydrogen) atoms. The average Bonchev–Trinajstić information content (AvgIpc) is 1.59. The van der Waals surface area contributed by atoms with E-state index in [9.17, 15) is 58.2 Å². The van der Waals surface area contributed by atoms with E-state index in [1.165, 1.54) is 64.0 Å². The van der Waals surface area contributed by atoms with Crippen molar-refractivity contribution in [2.75, 3.05) is 67.5 Å². The summed E-state index contributed by atoms with van der Waals surface area (Å²) in [5.41, 5.74) is -0.194. The molecule has 2 aromatic heterocycles. The predicted octanol–water partition coefficient (Wildman–Crippen LogP) is -0.00840. The van der Waals surface area contributed by atoms with Crippen LogP contribution >= 0.6 is 0 Å². The van der Waals surface area contributed by atoms with Crippen molar-refractivity contribution in [3.63, 3.8) is 0 Å². The summed E-state index contributed by atoms with van der Waals surface area (Å²) in [5.74, 6) is -11.8. The fourth-order valence-corrected chi connectivity index (χ4v) is 11.6. The first-order chi connectivity index (χ1) is 42.6. The summed E-state index contributed by atoms with van der Waals surface area (Å²) in [6.07, 6.45) is 2.03. The van der Waals surface area contributed by atoms with Crippen molar-refractivity contribution < 1.29 is 67.7 Å². The maximum absolute atomic E-state index is 15.0. The van der Waals surface area contributed by atoms with Gasteiger partial charge in [-0.25, -0.2) is 9.97 Å². The number of fused-ring (bicyclic) bond motifs is 4. The number of carbonyl (C=O) groups is 12. The Morgan fingerprint density at radius 2 is 0.878 bits per heavy atom. The minimum Gasteiger partial charge on any atom is -0.505 e. The largest absolute Gasteiger partial charge is 0.505 e. The highest BCUT2D eigenvalue weighted by molar-refractivity contribution is 6.03. The minimum atomic E-state index is -1.64. The molecule has 12 amide bonds. The van der Waals surface area contributed by atoms with Gasteiger partial charge < -0.3 is 71.5 Å². The van der Waals surface area contributed by atoms with Crippen LogP contribution in [0.2, 0.25) is 0 Å². The van der Waals surface area contributed by atoms with E-state index < -0.39 is 180 Å². The van der Waals surface area contributed by atoms with Gasteiger partial charge in [-0.15, -0.1) is 0 Å². The van der Waals surface area contributed by atoms with Crippen LogP contribution in [0.4, 0.5) is 0 Å². The number of piperidine rings is 2. The summed E-state index contributed by atoms with van der Waals surface area (Å²) in [6.45, 7) is 7.05. The zero-order valence-corrected chi connectivity index (χ0v) is 52.4. The second-order valence-corrected chi connectivity index (χ2v) is 24.0. The normalized spacial score (nSPS) is 24.4. The SMILES string of the molecule is CC(C)[C@H]1C(=O)N[C@H](C)[C@@H](NC(=O)c2nc3ccccc3cc2O)C(=O)N2CCCC[C@H]2C(=O)NCC(=O)N(C)CC(=O)N(C)[C@@H](C(C)C)C(=O)N[C@H](C)[C@@H](NC(=O)c2nc3ccccc3cc2O)C(=O)N2CCCC[C@H]2C(=O)NCC(=O)N(C)CC(=O)N1C. The molecule has 8 atom stereocenters. The number of likely N-dealkylation sites (N-methyl/N-ethyl adjacent to an activating group) is 4. The lowest BCUT2D eigenvalue weighted by Crippen LogP contribution is -2.64. The Balaban J connectivity index is 1.20. The summed E-state index contributed by atoms with van der Waals surface area (Å²) in [6, 6.07) is 5.25. The molecule has 0 aliphatic carbocycles. The number of nitrogens with one attached hydrogen (secondary N) is 6. The van der Waals surface area contributed by atoms with Crippen LogP contribution < -0.4 is 31.9 Å². The highest BCUT2D eigenvalue weighted by Crippen LogP contribution is 2.27. The Morgan fingerprint density at radius 1 is 0.522 bits per heavy atom. The number of amides is 12. The van der Waals surface area contributed by atoms with Crippen LogP contribution in [0.5, 0.6) is 11.5 Å². The molecule has 3 saturated heterocycles. The van der Waals surface area contributed by atoms with Gasteiger partial charge in [0, 0.05) is 52.1 Å². The molecule has 0 unspecified atom stereocenters. The number of para-hydroxylation sites is 2. The van der Waals surface area contributed by atoms with Crippen LogP contribution in [0.3, 0.4) is 0 Å². The molecule has 3 fully saturated rings. The van der Waals surface area contributed by atoms with Gasteiger partial charge in [0.25, 0.3) is 11.8 Å². The monoisotopic (exact) mass is 1250 g/mol. The van der Waals surface area contributed by atoms with Gasteiger partial charge in [-0.05, 0) is 88.5 Å². The number of benzene rings is 2. The van der Waals surface area contributed by atoms with Crippen molar-refractivity contribution in [2.45, 2.75) is 128 Å². The molecule has 0 saturated carbocycles. The van der Waals surface area contributed by atoms with E-state index in [4.69, 9.17) is 0 Å². The van der Waals surface area contributed by atoms with Crippen LogP contribution in [-0.2, 0) is 47.9 Å². The molecule has 8 N–H and O–H groups in total. The average molecular weight is 1250 g/mol. The second kappa shape index (κ2) is 29.7. The van der Waals surface area contributed by atoms with Gasteiger partial charge in [-0.3, -0.25) is 57.5 Å². The molecule has 0 spiro atoms. The molecule has 3 aliphatic rings. The van der Waals surface area contributed by atoms with E-state index in [-0.39, 0.29) is 25.9 Å². The third-order valence-electron chi connectivity index (χ3n) is 16.7. The van der Waals surface area contributed by atoms with Crippen LogP contribution in [0.1, 0.15) is 101 Å². The molecule has 28 heteroatoms. The molecule has 28 nitrogen and oxygen atoms in total. The Bertz CT molecular complexity index is 3210. The zero-order valence-electron chi connectivity index (χ0n) is 52.4. The third kappa shape index (κ3) is 15.8. The van der Waals surface area contributed by atoms with E-state index >= 15 is 9.59 Å². The molecule has 0 radical (unpaired) electrons. The first-order valence-electron chi connectivity index (χ1n) is 30.2. The maximum atomic E-state index is 15.0. The fourth-order valence-electron chi connectivity index (χ4n) is 11.6. The molecule has 2 aromatic carbocycles. The van der Waals surface area contributed by atoms with Crippen molar-refractivity contribution in [3.05, 3.63) is 72.1 Å². The number of pyridine rings is 2. The zero-order chi connectivity index (χ0) is 66.0. The Labute approximate surface area is 521 Å². The van der Waals surface area contributed by atoms with Gasteiger partial charge in [0.1, 0.15) is 47.8 Å². The number of hydrogen-bond donors (Lipinski definition) is 8. The van der Waals surface area contributed by atoms with Crippen molar-refractivity contribution in [2.24, 2.45) is 11.8 Å². The Morgan fingerprint density at radius 3 is 1.23 bits per heavy atom. The van der Waals surface area contributed by atoms with Crippen molar-refractivity contribution in [3.8, 4) is 11.5 Å². The van der Waals surface area contributed by atoms with Crippen LogP contribution in [-0.4, -0.2) is 236 Å². The van der Waals surface area contributed by atoms with Gasteiger partial charge in [-0.2, -0.15) is 0 Å². The van der Waals surface area contributed by atoms with Gasteiger partial charge in [-0.1, -0.05) is 64.1 Å². The summed E-state index contributed by atoms with van der Waals surface area (Å²) < 4.78 is 0. The number of aromatic nitrogens is 2. The summed E-state index contributed by atoms with van der Waals surface area (Å²) in [4.78, 5) is 187. The molecule has 7 rings (SSSR count). The molecule has 3 aliphatic heterocycles. The van der Waals surface area contributed by atoms with Crippen LogP contribution in [0.15, 0.2) is 60.7 Å². The first kappa shape index (κ1) is 68.0. The van der Waals surface area contributed by atoms with E-state index in [1.54, 1.807) is 76.2 Å². The lowest BCUT2D eigenvalue weighted by molar-refractivity contribution is -0.147. The van der Waals surface area contributed by atoms with Crippen molar-refractivity contribution in [1.82, 2.24) is 71.3 Å². The second-order valence-electron chi connectivity index (χ2n) is 24.0. The maximum Gasteiger partial charge on any atom is 0.274 e. The van der Waals surface area contributed by atoms with E-state index in [2.05, 4.69) is 41.9 Å². The molecular weight excluding hydrogens is 1160 g/mol. The topological polar surface area (TPSA) is 363 Å². The molecular formula is C62H82N14O14. The lowest BCUT2D eigenvalue weighted by atomic mass is 9.97. The molecule has 4 aromatic rings. The molecule has 5 heterocycles. The molecule has 484 valence electrons. The first-order valence-corrected chi connectivity index (χ1v) is 30.2. The van der Waals surface area contributed by atoms with E-state index in [1.807, 2.05) is 0 Å². The van der Waals surface area contributed by atoms with Gasteiger partial charge in [0.2, 0.25) is 59.1 Å². The third-order valence-corrected chi connectivity index (χ3v) is 16.7. The van der Waals surface area contributed by atoms with Gasteiger partial charge in [0.15, 0.2) is 11.4 Å². The fraction of sp³-hybridized carbons (Fsp3) is 0.516. The van der Waals surface area contributed by atoms with Crippen molar-refractivity contribution >= 4 is 92.7 Å². The number of nitrogens with zero attached hydrogens (tertiary/aromatic N) is 8. The lowest BCUT2D eigenvalue weighted by Gasteiger charge is -2.39. The molecule has 0 bridgehead atoms. The number of carbonyl (C=O) groups excluding carboxylic acids is 12. The summed E-state index contributed by atoms with van der Waals surface area (Å²) in [5, 5.41) is 39.1. The van der Waals surface area contributed by atoms with Crippen LogP contribution in [0, 0.1) is 11.8 Å². The Kier molecular flexibility index (Phi) is 22.4. The summed E-state index contributed by atoms with van der Waals surface area (Å²) >= 11 is 0. The quantitative estimate of drug-likeness (QED) is 0.126. The Hall–Kier alpha value is -9.50. The minimum absolute atomic E-state index is 0.00124. The predicted molar refractivity (Wildman–Crippen MR) is 327 cm³/mol. The van der Waals surface area contributed by atoms with Gasteiger partial charge >= 0.3 is 0 Å². The van der Waals surface area contributed by atoms with Crippen molar-refractivity contribution in [1.29, 1.82) is 0 Å². The smallest absolute Gasteiger partial charge is 0.274 e. The summed E-state index contributed by atoms with van der Waals surface area (Å²) in [7, 11) is 5.31. The van der Waals surface area contributed by atoms with Gasteiger partial charge in [0.05, 0.1) is 49.3 Å². The standard InChI is InChI=1S/C62H82N14O14/c1-33(2)53-59(87)65-35(5)49(69-57(85)51-43(77)27-37-19-11-13-21-39(37)67-51)61(89)75-25-17-15-23-41(75)55(83)64-30-46(80)72(8)32-48(82)74(10)54(34(3)4)60(88)66-36(6)50(70-58(86)52-44(78)28-38-20-12-14-22-40(38)68-52)62(90)76-26-18-16-24-42(76)56(84)63-29-45(79)71(7)31-47(81)73(53)9/h11-14,19-22,27-28,33-36,41-42,49-50,53-54,77-78H,15-18,23-26,29-32H2,1-10H3,(H,63,84)(H,64,83)(H,65,87)(H,66,88)(H,69,85)(H,70,86)/t35-,36-,41+,42+,49-,50-,53+,54+/m1/s1. The highest BCUT2D eigenvalue weighted by Gasteiger charge is 2.44. The van der Waals surface area contributed by atoms with E-state index in [0.29, 0.717) is 47.5 Å².